The van der Waals surface area contributed by atoms with E-state index in [0.29, 0.717) is 0 Å². The van der Waals surface area contributed by atoms with Gasteiger partial charge in [0.05, 0.1) is 7.11 Å². The monoisotopic (exact) mass is 478 g/mol. The molecule has 1 atom stereocenters. The predicted octanol–water partition coefficient (Wildman–Crippen LogP) is 3.92. The Hall–Kier alpha value is -3.56. The zero-order valence-corrected chi connectivity index (χ0v) is 18.5. The number of hydrogen-bond donors (Lipinski definition) is 2. The highest BCUT2D eigenvalue weighted by Gasteiger charge is 2.38. The Labute approximate surface area is 194 Å². The molecule has 0 heterocycles. The summed E-state index contributed by atoms with van der Waals surface area (Å²) in [6.45, 7) is -0.144. The molecule has 1 aliphatic carbocycles. The molecule has 182 valence electrons. The highest BCUT2D eigenvalue weighted by molar-refractivity contribution is 5.82. The van der Waals surface area contributed by atoms with E-state index in [9.17, 15) is 27.6 Å². The summed E-state index contributed by atoms with van der Waals surface area (Å²) in [5.41, 5.74) is 4.25. The summed E-state index contributed by atoms with van der Waals surface area (Å²) in [7, 11) is 1.16. The third-order valence-corrected chi connectivity index (χ3v) is 5.58. The molecule has 2 aromatic rings. The molecule has 0 radical (unpaired) electrons. The Morgan fingerprint density at radius 1 is 0.971 bits per heavy atom. The molecule has 10 heteroatoms. The lowest BCUT2D eigenvalue weighted by atomic mass is 9.98. The number of unbranched alkanes of at least 4 members (excludes halogenated alkanes) is 1. The third kappa shape index (κ3) is 6.06. The fourth-order valence-electron chi connectivity index (χ4n) is 3.95. The van der Waals surface area contributed by atoms with Crippen molar-refractivity contribution in [3.05, 3.63) is 59.7 Å². The number of nitrogens with one attached hydrogen (secondary N) is 2. The van der Waals surface area contributed by atoms with Crippen LogP contribution in [0.5, 0.6) is 0 Å². The van der Waals surface area contributed by atoms with Crippen LogP contribution in [0.3, 0.4) is 0 Å². The van der Waals surface area contributed by atoms with Gasteiger partial charge in [-0.2, -0.15) is 13.2 Å². The molecule has 0 bridgehead atoms. The Morgan fingerprint density at radius 2 is 1.56 bits per heavy atom. The molecule has 3 rings (SSSR count). The van der Waals surface area contributed by atoms with Gasteiger partial charge in [0, 0.05) is 12.5 Å². The fourth-order valence-corrected chi connectivity index (χ4v) is 3.95. The Balaban J connectivity index is 1.52. The topological polar surface area (TPSA) is 93.7 Å². The Morgan fingerprint density at radius 3 is 2.12 bits per heavy atom. The maximum Gasteiger partial charge on any atom is 0.471 e. The van der Waals surface area contributed by atoms with E-state index in [4.69, 9.17) is 9.47 Å². The highest BCUT2D eigenvalue weighted by Crippen LogP contribution is 2.44. The molecule has 0 unspecified atom stereocenters. The van der Waals surface area contributed by atoms with Crippen molar-refractivity contribution in [2.45, 2.75) is 37.4 Å². The lowest BCUT2D eigenvalue weighted by Gasteiger charge is -2.18. The molecule has 0 aliphatic heterocycles. The number of hydrogen-bond acceptors (Lipinski definition) is 5. The smallest absolute Gasteiger partial charge is 0.467 e. The standard InChI is InChI=1S/C24H25F3N2O5/c1-33-21(30)20(12-6-7-13-28-22(31)24(25,26)27)29-23(32)34-14-19-17-10-4-2-8-15(17)16-9-3-5-11-18(16)19/h2-5,8-11,19-20H,6-7,12-14H2,1H3,(H,28,31)(H,29,32)/t20-/m0/s1. The normalized spacial score (nSPS) is 13.4. The van der Waals surface area contributed by atoms with Crippen LogP contribution in [-0.4, -0.2) is 50.4 Å². The van der Waals surface area contributed by atoms with Crippen molar-refractivity contribution in [1.29, 1.82) is 0 Å². The van der Waals surface area contributed by atoms with Gasteiger partial charge in [0.2, 0.25) is 0 Å². The van der Waals surface area contributed by atoms with E-state index in [1.165, 1.54) is 0 Å². The van der Waals surface area contributed by atoms with Crippen LogP contribution in [0.1, 0.15) is 36.3 Å². The minimum absolute atomic E-state index is 0.0667. The molecule has 0 fully saturated rings. The van der Waals surface area contributed by atoms with Crippen LogP contribution in [0, 0.1) is 0 Å². The molecule has 34 heavy (non-hydrogen) atoms. The van der Waals surface area contributed by atoms with Crippen LogP contribution in [0.15, 0.2) is 48.5 Å². The van der Waals surface area contributed by atoms with Crippen molar-refractivity contribution in [3.63, 3.8) is 0 Å². The zero-order chi connectivity index (χ0) is 24.7. The van der Waals surface area contributed by atoms with Gasteiger partial charge in [-0.25, -0.2) is 9.59 Å². The van der Waals surface area contributed by atoms with Crippen molar-refractivity contribution in [1.82, 2.24) is 10.6 Å². The van der Waals surface area contributed by atoms with Gasteiger partial charge < -0.3 is 20.1 Å². The molecule has 0 saturated heterocycles. The molecular weight excluding hydrogens is 453 g/mol. The van der Waals surface area contributed by atoms with E-state index in [0.717, 1.165) is 29.4 Å². The molecule has 2 aromatic carbocycles. The lowest BCUT2D eigenvalue weighted by molar-refractivity contribution is -0.173. The van der Waals surface area contributed by atoms with Gasteiger partial charge in [0.1, 0.15) is 12.6 Å². The summed E-state index contributed by atoms with van der Waals surface area (Å²) in [6, 6.07) is 14.7. The van der Waals surface area contributed by atoms with E-state index < -0.39 is 30.2 Å². The van der Waals surface area contributed by atoms with Crippen LogP contribution >= 0.6 is 0 Å². The number of alkyl halides is 3. The summed E-state index contributed by atoms with van der Waals surface area (Å²) in [4.78, 5) is 35.3. The van der Waals surface area contributed by atoms with Crippen LogP contribution in [-0.2, 0) is 19.1 Å². The molecular formula is C24H25F3N2O5. The van der Waals surface area contributed by atoms with Crippen molar-refractivity contribution in [3.8, 4) is 11.1 Å². The second-order valence-corrected chi connectivity index (χ2v) is 7.80. The van der Waals surface area contributed by atoms with Crippen LogP contribution in [0.4, 0.5) is 18.0 Å². The minimum Gasteiger partial charge on any atom is -0.467 e. The SMILES string of the molecule is COC(=O)[C@H](CCCCNC(=O)C(F)(F)F)NC(=O)OCC1c2ccccc2-c2ccccc21. The van der Waals surface area contributed by atoms with Gasteiger partial charge >= 0.3 is 24.1 Å². The van der Waals surface area contributed by atoms with Gasteiger partial charge in [-0.05, 0) is 41.5 Å². The average molecular weight is 478 g/mol. The largest absolute Gasteiger partial charge is 0.471 e. The molecule has 0 aromatic heterocycles. The maximum absolute atomic E-state index is 12.4. The number of carbonyl (C=O) groups excluding carboxylic acids is 3. The van der Waals surface area contributed by atoms with Gasteiger partial charge in [-0.3, -0.25) is 4.79 Å². The highest BCUT2D eigenvalue weighted by atomic mass is 19.4. The quantitative estimate of drug-likeness (QED) is 0.421. The van der Waals surface area contributed by atoms with Gasteiger partial charge in [-0.15, -0.1) is 0 Å². The Kier molecular flexibility index (Phi) is 8.14. The molecule has 2 amide bonds. The Bertz CT molecular complexity index is 996. The molecule has 0 spiro atoms. The number of esters is 1. The summed E-state index contributed by atoms with van der Waals surface area (Å²) >= 11 is 0. The van der Waals surface area contributed by atoms with E-state index >= 15 is 0 Å². The van der Waals surface area contributed by atoms with Gasteiger partial charge in [0.25, 0.3) is 0 Å². The molecule has 0 saturated carbocycles. The number of ether oxygens (including phenoxy) is 2. The first-order chi connectivity index (χ1) is 16.2. The first-order valence-corrected chi connectivity index (χ1v) is 10.8. The van der Waals surface area contributed by atoms with E-state index in [2.05, 4.69) is 5.32 Å². The summed E-state index contributed by atoms with van der Waals surface area (Å²) in [6.07, 6.45) is -5.19. The van der Waals surface area contributed by atoms with Crippen LogP contribution in [0.2, 0.25) is 0 Å². The van der Waals surface area contributed by atoms with E-state index in [1.807, 2.05) is 48.5 Å². The minimum atomic E-state index is -4.94. The molecule has 7 nitrogen and oxygen atoms in total. The number of methoxy groups -OCH3 is 1. The number of carbonyl (C=O) groups is 3. The molecule has 2 N–H and O–H groups in total. The molecule has 1 aliphatic rings. The summed E-state index contributed by atoms with van der Waals surface area (Å²) < 4.78 is 46.7. The zero-order valence-electron chi connectivity index (χ0n) is 18.5. The second-order valence-electron chi connectivity index (χ2n) is 7.80. The number of amides is 2. The van der Waals surface area contributed by atoms with Crippen LogP contribution in [0.25, 0.3) is 11.1 Å². The van der Waals surface area contributed by atoms with Crippen molar-refractivity contribution < 1.29 is 37.0 Å². The van der Waals surface area contributed by atoms with Gasteiger partial charge in [0.15, 0.2) is 0 Å². The summed E-state index contributed by atoms with van der Waals surface area (Å²) in [5, 5.41) is 4.22. The fraction of sp³-hybridized carbons (Fsp3) is 0.375. The average Bonchev–Trinajstić information content (AvgIpc) is 3.14. The second kappa shape index (κ2) is 11.0. The number of halogens is 3. The first kappa shape index (κ1) is 25.1. The number of fused-ring (bicyclic) bond motifs is 3. The first-order valence-electron chi connectivity index (χ1n) is 10.8. The summed E-state index contributed by atoms with van der Waals surface area (Å²) in [5.74, 6) is -2.87. The van der Waals surface area contributed by atoms with Crippen molar-refractivity contribution in [2.24, 2.45) is 0 Å². The van der Waals surface area contributed by atoms with Crippen LogP contribution < -0.4 is 10.6 Å². The predicted molar refractivity (Wildman–Crippen MR) is 117 cm³/mol. The van der Waals surface area contributed by atoms with Gasteiger partial charge in [-0.1, -0.05) is 48.5 Å². The van der Waals surface area contributed by atoms with E-state index in [-0.39, 0.29) is 38.3 Å². The van der Waals surface area contributed by atoms with E-state index in [1.54, 1.807) is 5.32 Å². The number of benzene rings is 2. The van der Waals surface area contributed by atoms with Crippen molar-refractivity contribution >= 4 is 18.0 Å². The number of rotatable bonds is 9. The maximum atomic E-state index is 12.4. The number of alkyl carbamates (subject to hydrolysis) is 1. The lowest BCUT2D eigenvalue weighted by Crippen LogP contribution is -2.42. The van der Waals surface area contributed by atoms with Crippen molar-refractivity contribution in [2.75, 3.05) is 20.3 Å². The third-order valence-electron chi connectivity index (χ3n) is 5.58.